The average Bonchev–Trinajstić information content (AvgIpc) is 2.93. The SMILES string of the molecule is Nc1nc(CS(=O)(=O)c2ccc(Cl)cc2)nc2sc3c(c12)CCCC3. The van der Waals surface area contributed by atoms with Crippen LogP contribution in [0, 0.1) is 0 Å². The summed E-state index contributed by atoms with van der Waals surface area (Å²) < 4.78 is 25.2. The molecule has 3 aromatic rings. The number of thiophene rings is 1. The van der Waals surface area contributed by atoms with Gasteiger partial charge in [0.1, 0.15) is 22.2 Å². The van der Waals surface area contributed by atoms with Crippen LogP contribution in [0.25, 0.3) is 10.2 Å². The standard InChI is InChI=1S/C17H16ClN3O2S2/c18-10-5-7-11(8-6-10)25(22,23)9-14-20-16(19)15-12-3-1-2-4-13(12)24-17(15)21-14/h5-8H,1-4,9H2,(H2,19,20,21). The number of nitrogens with zero attached hydrogens (tertiary/aromatic N) is 2. The predicted molar refractivity (Wildman–Crippen MR) is 101 cm³/mol. The Morgan fingerprint density at radius 1 is 1.12 bits per heavy atom. The smallest absolute Gasteiger partial charge is 0.185 e. The van der Waals surface area contributed by atoms with Crippen LogP contribution in [-0.4, -0.2) is 18.4 Å². The summed E-state index contributed by atoms with van der Waals surface area (Å²) in [5.74, 6) is 0.335. The summed E-state index contributed by atoms with van der Waals surface area (Å²) >= 11 is 7.43. The second-order valence-corrected chi connectivity index (χ2v) is 9.64. The molecule has 0 aliphatic heterocycles. The molecule has 0 fully saturated rings. The molecule has 25 heavy (non-hydrogen) atoms. The van der Waals surface area contributed by atoms with Gasteiger partial charge in [0.15, 0.2) is 9.84 Å². The molecule has 0 bridgehead atoms. The van der Waals surface area contributed by atoms with Gasteiger partial charge in [-0.05, 0) is 55.5 Å². The Labute approximate surface area is 154 Å². The van der Waals surface area contributed by atoms with E-state index in [1.807, 2.05) is 0 Å². The van der Waals surface area contributed by atoms with Crippen LogP contribution in [0.1, 0.15) is 29.1 Å². The van der Waals surface area contributed by atoms with Gasteiger partial charge >= 0.3 is 0 Å². The van der Waals surface area contributed by atoms with E-state index in [2.05, 4.69) is 9.97 Å². The van der Waals surface area contributed by atoms with Gasteiger partial charge in [0, 0.05) is 9.90 Å². The van der Waals surface area contributed by atoms with Crippen LogP contribution in [-0.2, 0) is 28.4 Å². The summed E-state index contributed by atoms with van der Waals surface area (Å²) in [6.07, 6.45) is 4.34. The second kappa shape index (κ2) is 6.23. The Kier molecular flexibility index (Phi) is 4.17. The van der Waals surface area contributed by atoms with Crippen LogP contribution < -0.4 is 5.73 Å². The summed E-state index contributed by atoms with van der Waals surface area (Å²) in [7, 11) is -3.55. The van der Waals surface area contributed by atoms with Crippen LogP contribution in [0.15, 0.2) is 29.2 Å². The Morgan fingerprint density at radius 3 is 2.60 bits per heavy atom. The Hall–Kier alpha value is -1.70. The number of aryl methyl sites for hydroxylation is 2. The molecule has 2 N–H and O–H groups in total. The molecule has 1 aromatic carbocycles. The number of nitrogens with two attached hydrogens (primary N) is 1. The first-order chi connectivity index (χ1) is 11.9. The lowest BCUT2D eigenvalue weighted by Crippen LogP contribution is -2.09. The van der Waals surface area contributed by atoms with Crippen molar-refractivity contribution in [2.24, 2.45) is 0 Å². The first-order valence-electron chi connectivity index (χ1n) is 7.99. The van der Waals surface area contributed by atoms with Crippen LogP contribution in [0.5, 0.6) is 0 Å². The van der Waals surface area contributed by atoms with E-state index < -0.39 is 9.84 Å². The van der Waals surface area contributed by atoms with Crippen molar-refractivity contribution in [1.29, 1.82) is 0 Å². The number of nitrogen functional groups attached to an aromatic ring is 1. The number of anilines is 1. The number of aromatic nitrogens is 2. The maximum absolute atomic E-state index is 12.6. The van der Waals surface area contributed by atoms with Crippen molar-refractivity contribution in [1.82, 2.24) is 9.97 Å². The normalized spacial score (nSPS) is 14.6. The zero-order valence-electron chi connectivity index (χ0n) is 13.3. The number of halogens is 1. The van der Waals surface area contributed by atoms with E-state index in [1.54, 1.807) is 23.5 Å². The molecule has 5 nitrogen and oxygen atoms in total. The fraction of sp³-hybridized carbons (Fsp3) is 0.294. The number of hydrogen-bond acceptors (Lipinski definition) is 6. The number of hydrogen-bond donors (Lipinski definition) is 1. The predicted octanol–water partition coefficient (Wildman–Crippen LogP) is 3.78. The Balaban J connectivity index is 1.73. The number of fused-ring (bicyclic) bond motifs is 3. The molecule has 2 heterocycles. The third-order valence-electron chi connectivity index (χ3n) is 4.38. The molecule has 130 valence electrons. The van der Waals surface area contributed by atoms with Crippen LogP contribution in [0.4, 0.5) is 5.82 Å². The minimum Gasteiger partial charge on any atom is -0.383 e. The van der Waals surface area contributed by atoms with Gasteiger partial charge in [-0.1, -0.05) is 11.6 Å². The highest BCUT2D eigenvalue weighted by Crippen LogP contribution is 2.37. The van der Waals surface area contributed by atoms with E-state index in [1.165, 1.54) is 29.0 Å². The molecule has 1 aliphatic carbocycles. The lowest BCUT2D eigenvalue weighted by atomic mass is 9.97. The van der Waals surface area contributed by atoms with Crippen molar-refractivity contribution in [3.8, 4) is 0 Å². The highest BCUT2D eigenvalue weighted by atomic mass is 35.5. The monoisotopic (exact) mass is 393 g/mol. The third-order valence-corrected chi connectivity index (χ3v) is 7.45. The zero-order valence-corrected chi connectivity index (χ0v) is 15.7. The van der Waals surface area contributed by atoms with E-state index in [4.69, 9.17) is 17.3 Å². The van der Waals surface area contributed by atoms with Gasteiger partial charge < -0.3 is 5.73 Å². The zero-order chi connectivity index (χ0) is 17.6. The van der Waals surface area contributed by atoms with Gasteiger partial charge in [-0.15, -0.1) is 11.3 Å². The van der Waals surface area contributed by atoms with Gasteiger partial charge in [-0.3, -0.25) is 0 Å². The molecule has 4 rings (SSSR count). The minimum absolute atomic E-state index is 0.199. The van der Waals surface area contributed by atoms with Crippen LogP contribution in [0.3, 0.4) is 0 Å². The molecular weight excluding hydrogens is 378 g/mol. The third kappa shape index (κ3) is 3.12. The minimum atomic E-state index is -3.55. The topological polar surface area (TPSA) is 85.9 Å². The first kappa shape index (κ1) is 16.8. The number of benzene rings is 1. The summed E-state index contributed by atoms with van der Waals surface area (Å²) in [4.78, 5) is 11.1. The van der Waals surface area contributed by atoms with Gasteiger partial charge in [-0.2, -0.15) is 0 Å². The summed E-state index contributed by atoms with van der Waals surface area (Å²) in [5.41, 5.74) is 7.39. The summed E-state index contributed by atoms with van der Waals surface area (Å²) in [6.45, 7) is 0. The summed E-state index contributed by atoms with van der Waals surface area (Å²) in [5, 5.41) is 1.40. The van der Waals surface area contributed by atoms with E-state index in [-0.39, 0.29) is 16.5 Å². The highest BCUT2D eigenvalue weighted by Gasteiger charge is 2.22. The molecular formula is C17H16ClN3O2S2. The maximum Gasteiger partial charge on any atom is 0.185 e. The molecule has 0 saturated carbocycles. The Morgan fingerprint density at radius 2 is 1.84 bits per heavy atom. The molecule has 1 aliphatic rings. The largest absolute Gasteiger partial charge is 0.383 e. The van der Waals surface area contributed by atoms with E-state index in [0.29, 0.717) is 10.8 Å². The van der Waals surface area contributed by atoms with E-state index in [9.17, 15) is 8.42 Å². The number of rotatable bonds is 3. The van der Waals surface area contributed by atoms with Gasteiger partial charge in [0.25, 0.3) is 0 Å². The van der Waals surface area contributed by atoms with Gasteiger partial charge in [0.05, 0.1) is 10.3 Å². The molecule has 0 unspecified atom stereocenters. The van der Waals surface area contributed by atoms with Crippen molar-refractivity contribution >= 4 is 48.8 Å². The van der Waals surface area contributed by atoms with Crippen LogP contribution >= 0.6 is 22.9 Å². The number of sulfone groups is 1. The lowest BCUT2D eigenvalue weighted by molar-refractivity contribution is 0.594. The molecule has 8 heteroatoms. The lowest BCUT2D eigenvalue weighted by Gasteiger charge is -2.10. The molecule has 0 saturated heterocycles. The van der Waals surface area contributed by atoms with Crippen molar-refractivity contribution in [2.45, 2.75) is 36.3 Å². The second-order valence-electron chi connectivity index (χ2n) is 6.13. The quantitative estimate of drug-likeness (QED) is 0.731. The van der Waals surface area contributed by atoms with E-state index in [0.717, 1.165) is 29.5 Å². The molecule has 0 radical (unpaired) electrons. The average molecular weight is 394 g/mol. The van der Waals surface area contributed by atoms with Crippen molar-refractivity contribution in [3.05, 3.63) is 45.6 Å². The highest BCUT2D eigenvalue weighted by molar-refractivity contribution is 7.90. The first-order valence-corrected chi connectivity index (χ1v) is 10.8. The molecule has 0 atom stereocenters. The van der Waals surface area contributed by atoms with Gasteiger partial charge in [0.2, 0.25) is 0 Å². The van der Waals surface area contributed by atoms with Gasteiger partial charge in [-0.25, -0.2) is 18.4 Å². The van der Waals surface area contributed by atoms with Crippen molar-refractivity contribution in [3.63, 3.8) is 0 Å². The fourth-order valence-electron chi connectivity index (χ4n) is 3.19. The molecule has 0 amide bonds. The van der Waals surface area contributed by atoms with Crippen molar-refractivity contribution in [2.75, 3.05) is 5.73 Å². The maximum atomic E-state index is 12.6. The van der Waals surface area contributed by atoms with E-state index >= 15 is 0 Å². The molecule has 2 aromatic heterocycles. The van der Waals surface area contributed by atoms with Crippen LogP contribution in [0.2, 0.25) is 5.02 Å². The fourth-order valence-corrected chi connectivity index (χ4v) is 5.79. The Bertz CT molecular complexity index is 1060. The van der Waals surface area contributed by atoms with Crippen molar-refractivity contribution < 1.29 is 8.42 Å². The molecule has 0 spiro atoms. The summed E-state index contributed by atoms with van der Waals surface area (Å²) in [6, 6.07) is 6.09.